The van der Waals surface area contributed by atoms with Gasteiger partial charge in [0.15, 0.2) is 5.78 Å². The molecule has 116 valence electrons. The first-order chi connectivity index (χ1) is 9.29. The van der Waals surface area contributed by atoms with Crippen molar-refractivity contribution in [2.24, 2.45) is 11.8 Å². The number of Topliss-reactive ketones (excluding diaryl/α,β-unsaturated/α-hetero) is 1. The first kappa shape index (κ1) is 18.8. The zero-order valence-electron chi connectivity index (χ0n) is 13.0. The van der Waals surface area contributed by atoms with Crippen LogP contribution in [-0.2, 0) is 14.3 Å². The van der Waals surface area contributed by atoms with Crippen LogP contribution >= 0.6 is 0 Å². The van der Waals surface area contributed by atoms with E-state index in [1.165, 1.54) is 11.8 Å². The summed E-state index contributed by atoms with van der Waals surface area (Å²) in [5.74, 6) is 0.254. The van der Waals surface area contributed by atoms with E-state index in [9.17, 15) is 9.59 Å². The molecule has 0 saturated carbocycles. The number of rotatable bonds is 10. The lowest BCUT2D eigenvalue weighted by Crippen LogP contribution is -2.30. The number of aliphatic hydroxyl groups is 1. The quantitative estimate of drug-likeness (QED) is 0.489. The van der Waals surface area contributed by atoms with Crippen molar-refractivity contribution in [3.8, 4) is 0 Å². The van der Waals surface area contributed by atoms with Crippen molar-refractivity contribution in [3.63, 3.8) is 0 Å². The van der Waals surface area contributed by atoms with Gasteiger partial charge in [0.05, 0.1) is 13.2 Å². The van der Waals surface area contributed by atoms with Crippen LogP contribution in [0.4, 0.5) is 0 Å². The summed E-state index contributed by atoms with van der Waals surface area (Å²) in [6.45, 7) is 9.73. The molecule has 0 bridgehead atoms. The molecule has 1 amide bonds. The molecule has 20 heavy (non-hydrogen) atoms. The molecular formula is C15H27NO4. The lowest BCUT2D eigenvalue weighted by atomic mass is 9.88. The number of ether oxygens (including phenoxy) is 1. The lowest BCUT2D eigenvalue weighted by molar-refractivity contribution is -0.132. The molecule has 0 spiro atoms. The maximum absolute atomic E-state index is 11.8. The van der Waals surface area contributed by atoms with Crippen molar-refractivity contribution in [2.75, 3.05) is 27.0 Å². The fourth-order valence-electron chi connectivity index (χ4n) is 1.83. The van der Waals surface area contributed by atoms with Gasteiger partial charge in [0.25, 0.3) is 0 Å². The Morgan fingerprint density at radius 2 is 1.95 bits per heavy atom. The Morgan fingerprint density at radius 1 is 1.35 bits per heavy atom. The molecule has 0 heterocycles. The van der Waals surface area contributed by atoms with Crippen LogP contribution in [0.15, 0.2) is 12.2 Å². The summed E-state index contributed by atoms with van der Waals surface area (Å²) in [5, 5.41) is 8.73. The minimum atomic E-state index is -0.330. The molecule has 0 aliphatic rings. The summed E-state index contributed by atoms with van der Waals surface area (Å²) < 4.78 is 5.04. The number of carbonyl (C=O) groups excluding carboxylic acids is 2. The average molecular weight is 285 g/mol. The molecule has 0 aromatic carbocycles. The summed E-state index contributed by atoms with van der Waals surface area (Å²) in [6.07, 6.45) is 1.00. The van der Waals surface area contributed by atoms with Gasteiger partial charge >= 0.3 is 0 Å². The zero-order valence-corrected chi connectivity index (χ0v) is 13.0. The van der Waals surface area contributed by atoms with Crippen molar-refractivity contribution < 1.29 is 19.4 Å². The van der Waals surface area contributed by atoms with Crippen molar-refractivity contribution in [3.05, 3.63) is 12.2 Å². The van der Waals surface area contributed by atoms with E-state index in [2.05, 4.69) is 6.58 Å². The van der Waals surface area contributed by atoms with Crippen LogP contribution in [0.3, 0.4) is 0 Å². The molecule has 1 unspecified atom stereocenters. The monoisotopic (exact) mass is 285 g/mol. The molecule has 0 radical (unpaired) electrons. The Morgan fingerprint density at radius 3 is 2.40 bits per heavy atom. The minimum Gasteiger partial charge on any atom is -0.371 e. The third-order valence-corrected chi connectivity index (χ3v) is 3.40. The van der Waals surface area contributed by atoms with Gasteiger partial charge in [0.1, 0.15) is 6.79 Å². The largest absolute Gasteiger partial charge is 0.371 e. The first-order valence-corrected chi connectivity index (χ1v) is 6.90. The number of aliphatic hydroxyl groups excluding tert-OH is 1. The van der Waals surface area contributed by atoms with Crippen LogP contribution in [0.1, 0.15) is 33.6 Å². The molecule has 5 heteroatoms. The summed E-state index contributed by atoms with van der Waals surface area (Å²) in [6, 6.07) is 0. The Bertz CT molecular complexity index is 339. The number of ketones is 1. The molecule has 1 atom stereocenters. The van der Waals surface area contributed by atoms with Gasteiger partial charge in [0, 0.05) is 26.3 Å². The van der Waals surface area contributed by atoms with Crippen molar-refractivity contribution in [1.82, 2.24) is 4.90 Å². The summed E-state index contributed by atoms with van der Waals surface area (Å²) in [5.41, 5.74) is 1.02. The smallest absolute Gasteiger partial charge is 0.219 e. The van der Waals surface area contributed by atoms with E-state index in [1.54, 1.807) is 7.05 Å². The molecule has 0 aliphatic heterocycles. The standard InChI is InChI=1S/C15H27NO4/c1-11(2)12(3)14(9-20-10-17)6-7-15(19)8-16(5)13(4)18/h11,14,17H,3,6-10H2,1-2,4-5H3. The van der Waals surface area contributed by atoms with E-state index in [0.29, 0.717) is 25.4 Å². The number of hydrogen-bond donors (Lipinski definition) is 1. The molecule has 0 aromatic rings. The normalized spacial score (nSPS) is 12.3. The van der Waals surface area contributed by atoms with Crippen molar-refractivity contribution >= 4 is 11.7 Å². The van der Waals surface area contributed by atoms with Crippen LogP contribution in [-0.4, -0.2) is 48.7 Å². The number of nitrogens with zero attached hydrogens (tertiary/aromatic N) is 1. The second kappa shape index (κ2) is 9.66. The first-order valence-electron chi connectivity index (χ1n) is 6.90. The van der Waals surface area contributed by atoms with Crippen LogP contribution in [0, 0.1) is 11.8 Å². The number of hydrogen-bond acceptors (Lipinski definition) is 4. The second-order valence-corrected chi connectivity index (χ2v) is 5.38. The third-order valence-electron chi connectivity index (χ3n) is 3.40. The van der Waals surface area contributed by atoms with E-state index in [0.717, 1.165) is 5.57 Å². The maximum atomic E-state index is 11.8. The van der Waals surface area contributed by atoms with Crippen LogP contribution < -0.4 is 0 Å². The molecular weight excluding hydrogens is 258 g/mol. The fraction of sp³-hybridized carbons (Fsp3) is 0.733. The number of amides is 1. The maximum Gasteiger partial charge on any atom is 0.219 e. The van der Waals surface area contributed by atoms with Gasteiger partial charge in [-0.25, -0.2) is 0 Å². The Labute approximate surface area is 121 Å². The van der Waals surface area contributed by atoms with Crippen LogP contribution in [0.25, 0.3) is 0 Å². The Kier molecular flexibility index (Phi) is 9.08. The molecule has 1 N–H and O–H groups in total. The lowest BCUT2D eigenvalue weighted by Gasteiger charge is -2.22. The highest BCUT2D eigenvalue weighted by Crippen LogP contribution is 2.23. The van der Waals surface area contributed by atoms with E-state index in [-0.39, 0.29) is 30.9 Å². The summed E-state index contributed by atoms with van der Waals surface area (Å²) in [4.78, 5) is 24.3. The molecule has 0 saturated heterocycles. The zero-order chi connectivity index (χ0) is 15.7. The van der Waals surface area contributed by atoms with Crippen molar-refractivity contribution in [2.45, 2.75) is 33.6 Å². The minimum absolute atomic E-state index is 0.0215. The topological polar surface area (TPSA) is 66.8 Å². The Balaban J connectivity index is 4.34. The summed E-state index contributed by atoms with van der Waals surface area (Å²) in [7, 11) is 1.61. The number of likely N-dealkylation sites (N-methyl/N-ethyl adjacent to an activating group) is 1. The van der Waals surface area contributed by atoms with E-state index >= 15 is 0 Å². The van der Waals surface area contributed by atoms with Gasteiger partial charge in [-0.1, -0.05) is 26.0 Å². The second-order valence-electron chi connectivity index (χ2n) is 5.38. The van der Waals surface area contributed by atoms with Gasteiger partial charge in [-0.05, 0) is 12.3 Å². The molecule has 5 nitrogen and oxygen atoms in total. The molecule has 0 rings (SSSR count). The van der Waals surface area contributed by atoms with Gasteiger partial charge in [0.2, 0.25) is 5.91 Å². The predicted octanol–water partition coefficient (Wildman–Crippen LogP) is 1.61. The number of carbonyl (C=O) groups is 2. The highest BCUT2D eigenvalue weighted by molar-refractivity contribution is 5.85. The van der Waals surface area contributed by atoms with Gasteiger partial charge in [-0.15, -0.1) is 0 Å². The molecule has 0 fully saturated rings. The highest BCUT2D eigenvalue weighted by Gasteiger charge is 2.18. The molecule has 0 aliphatic carbocycles. The van der Waals surface area contributed by atoms with E-state index in [4.69, 9.17) is 9.84 Å². The predicted molar refractivity (Wildman–Crippen MR) is 78.1 cm³/mol. The molecule has 0 aromatic heterocycles. The SMILES string of the molecule is C=C(C(C)C)C(CCC(=O)CN(C)C(C)=O)COCO. The third kappa shape index (κ3) is 7.40. The van der Waals surface area contributed by atoms with Gasteiger partial charge in [-0.3, -0.25) is 9.59 Å². The van der Waals surface area contributed by atoms with Crippen LogP contribution in [0.5, 0.6) is 0 Å². The highest BCUT2D eigenvalue weighted by atomic mass is 16.6. The fourth-order valence-corrected chi connectivity index (χ4v) is 1.83. The van der Waals surface area contributed by atoms with E-state index in [1.807, 2.05) is 13.8 Å². The Hall–Kier alpha value is -1.20. The van der Waals surface area contributed by atoms with Gasteiger partial charge in [-0.2, -0.15) is 0 Å². The van der Waals surface area contributed by atoms with E-state index < -0.39 is 0 Å². The summed E-state index contributed by atoms with van der Waals surface area (Å²) >= 11 is 0. The van der Waals surface area contributed by atoms with Crippen LogP contribution in [0.2, 0.25) is 0 Å². The van der Waals surface area contributed by atoms with Crippen molar-refractivity contribution in [1.29, 1.82) is 0 Å². The van der Waals surface area contributed by atoms with Gasteiger partial charge < -0.3 is 14.7 Å². The average Bonchev–Trinajstić information content (AvgIpc) is 2.37.